The molecule has 9 heavy (non-hydrogen) atoms. The predicted molar refractivity (Wildman–Crippen MR) is 47.3 cm³/mol. The van der Waals surface area contributed by atoms with E-state index in [1.165, 1.54) is 6.42 Å². The molecule has 0 aliphatic heterocycles. The van der Waals surface area contributed by atoms with Gasteiger partial charge in [-0.05, 0) is 12.8 Å². The normalized spacial score (nSPS) is 6.56. The van der Waals surface area contributed by atoms with Gasteiger partial charge in [0.2, 0.25) is 0 Å². The maximum atomic E-state index is 3.68. The van der Waals surface area contributed by atoms with Crippen molar-refractivity contribution in [1.29, 1.82) is 0 Å². The minimum absolute atomic E-state index is 0.250. The fraction of sp³-hybridized carbons (Fsp3) is 0.500. The van der Waals surface area contributed by atoms with Gasteiger partial charge in [-0.15, -0.1) is 6.58 Å². The van der Waals surface area contributed by atoms with Crippen LogP contribution in [0, 0.1) is 6.92 Å². The van der Waals surface area contributed by atoms with Gasteiger partial charge in [-0.2, -0.15) is 0 Å². The summed E-state index contributed by atoms with van der Waals surface area (Å²) in [6, 6.07) is 0. The van der Waals surface area contributed by atoms with Crippen LogP contribution in [0.2, 0.25) is 0 Å². The van der Waals surface area contributed by atoms with Crippen LogP contribution in [0.4, 0.5) is 0 Å². The van der Waals surface area contributed by atoms with E-state index in [2.05, 4.69) is 40.7 Å². The zero-order chi connectivity index (χ0) is 7.54. The van der Waals surface area contributed by atoms with Crippen molar-refractivity contribution >= 4 is 27.2 Å². The van der Waals surface area contributed by atoms with E-state index in [0.29, 0.717) is 0 Å². The van der Waals surface area contributed by atoms with Gasteiger partial charge >= 0.3 is 40.5 Å². The average Bonchev–Trinajstić information content (AvgIpc) is 1.86. The van der Waals surface area contributed by atoms with Crippen molar-refractivity contribution in [2.24, 2.45) is 0 Å². The molecule has 0 aromatic rings. The van der Waals surface area contributed by atoms with Gasteiger partial charge < -0.3 is 0 Å². The number of hydrogen-bond donors (Lipinski definition) is 0. The molecule has 0 fully saturated rings. The summed E-state index contributed by atoms with van der Waals surface area (Å²) in [4.78, 5) is 0. The van der Waals surface area contributed by atoms with Crippen molar-refractivity contribution in [1.82, 2.24) is 0 Å². The van der Waals surface area contributed by atoms with E-state index >= 15 is 0 Å². The standard InChI is InChI=1S/C6H11.2BrH.Zn/c1-3-5-6-4-2;;;/h3H,1-2,4-6H2;2*1H;/q;;;+2/p-2. The van der Waals surface area contributed by atoms with Crippen LogP contribution >= 0.6 is 27.2 Å². The van der Waals surface area contributed by atoms with Crippen LogP contribution in [0.1, 0.15) is 19.3 Å². The second kappa shape index (κ2) is 16.2. The summed E-state index contributed by atoms with van der Waals surface area (Å²) in [5, 5.41) is 0. The van der Waals surface area contributed by atoms with Crippen LogP contribution in [0.3, 0.4) is 0 Å². The van der Waals surface area contributed by atoms with E-state index in [0.717, 1.165) is 12.8 Å². The molecule has 0 saturated heterocycles. The van der Waals surface area contributed by atoms with E-state index in [-0.39, 0.29) is 13.2 Å². The third-order valence-corrected chi connectivity index (χ3v) is 0.658. The van der Waals surface area contributed by atoms with E-state index in [1.54, 1.807) is 0 Å². The van der Waals surface area contributed by atoms with Crippen molar-refractivity contribution in [3.63, 3.8) is 0 Å². The minimum atomic E-state index is -0.250. The number of halogens is 2. The molecule has 0 nitrogen and oxygen atoms in total. The first-order valence-corrected chi connectivity index (χ1v) is 16.7. The zero-order valence-electron chi connectivity index (χ0n) is 5.58. The third kappa shape index (κ3) is 26.8. The van der Waals surface area contributed by atoms with Gasteiger partial charge in [0.1, 0.15) is 0 Å². The van der Waals surface area contributed by atoms with Crippen molar-refractivity contribution in [3.05, 3.63) is 19.6 Å². The van der Waals surface area contributed by atoms with Crippen molar-refractivity contribution in [2.75, 3.05) is 0 Å². The summed E-state index contributed by atoms with van der Waals surface area (Å²) in [7, 11) is 0. The Morgan fingerprint density at radius 3 is 2.00 bits per heavy atom. The number of unbranched alkanes of at least 4 members (excludes halogenated alkanes) is 2. The smallest absolute Gasteiger partial charge is 0.0353 e. The molecule has 0 aromatic carbocycles. The summed E-state index contributed by atoms with van der Waals surface area (Å²) in [5.74, 6) is 0. The minimum Gasteiger partial charge on any atom is -0.103 e. The summed E-state index contributed by atoms with van der Waals surface area (Å²) in [6.07, 6.45) is 5.25. The molecule has 0 heterocycles. The Morgan fingerprint density at radius 1 is 1.44 bits per heavy atom. The first kappa shape index (κ1) is 13.0. The number of hydrogen-bond acceptors (Lipinski definition) is 0. The van der Waals surface area contributed by atoms with E-state index in [4.69, 9.17) is 0 Å². The summed E-state index contributed by atoms with van der Waals surface area (Å²) < 4.78 is 0. The Labute approximate surface area is 78.8 Å². The van der Waals surface area contributed by atoms with Gasteiger partial charge in [0, 0.05) is 0 Å². The Morgan fingerprint density at radius 2 is 1.89 bits per heavy atom. The van der Waals surface area contributed by atoms with Gasteiger partial charge in [0.15, 0.2) is 0 Å². The summed E-state index contributed by atoms with van der Waals surface area (Å²) in [5.41, 5.74) is 0. The largest absolute Gasteiger partial charge is 0.103 e. The van der Waals surface area contributed by atoms with Crippen LogP contribution in [0.5, 0.6) is 0 Å². The van der Waals surface area contributed by atoms with E-state index in [9.17, 15) is 0 Å². The van der Waals surface area contributed by atoms with Crippen LogP contribution < -0.4 is 0 Å². The second-order valence-electron chi connectivity index (χ2n) is 1.39. The molecule has 0 bridgehead atoms. The molecule has 0 aliphatic carbocycles. The van der Waals surface area contributed by atoms with Gasteiger partial charge in [-0.3, -0.25) is 0 Å². The number of rotatable bonds is 3. The molecule has 0 N–H and O–H groups in total. The van der Waals surface area contributed by atoms with Crippen molar-refractivity contribution < 1.29 is 13.2 Å². The first-order valence-electron chi connectivity index (χ1n) is 2.85. The molecule has 0 atom stereocenters. The van der Waals surface area contributed by atoms with E-state index in [1.807, 2.05) is 6.08 Å². The van der Waals surface area contributed by atoms with Crippen LogP contribution in [0.25, 0.3) is 0 Å². The van der Waals surface area contributed by atoms with Crippen LogP contribution in [0.15, 0.2) is 12.7 Å². The van der Waals surface area contributed by atoms with Crippen LogP contribution in [-0.4, -0.2) is 0 Å². The van der Waals surface area contributed by atoms with Crippen molar-refractivity contribution in [3.8, 4) is 0 Å². The average molecular weight is 308 g/mol. The molecule has 3 heteroatoms. The van der Waals surface area contributed by atoms with Crippen LogP contribution in [-0.2, 0) is 13.2 Å². The summed E-state index contributed by atoms with van der Waals surface area (Å²) in [6.45, 7) is 7.25. The predicted octanol–water partition coefficient (Wildman–Crippen LogP) is 3.87. The Balaban J connectivity index is 0. The molecule has 0 aromatic heterocycles. The Hall–Kier alpha value is 1.32. The molecule has 0 rings (SSSR count). The number of allylic oxidation sites excluding steroid dienone is 1. The monoisotopic (exact) mass is 305 g/mol. The zero-order valence-corrected chi connectivity index (χ0v) is 11.7. The molecule has 0 saturated carbocycles. The SMILES string of the molecule is [Br][Zn][Br].[CH2]CCCC=C. The van der Waals surface area contributed by atoms with Gasteiger partial charge in [-0.1, -0.05) is 19.4 Å². The molecule has 1 radical (unpaired) electrons. The Bertz CT molecular complexity index is 48.3. The maximum Gasteiger partial charge on any atom is -0.0353 e. The first-order chi connectivity index (χ1) is 4.33. The topological polar surface area (TPSA) is 0 Å². The molecule has 0 spiro atoms. The van der Waals surface area contributed by atoms with Gasteiger partial charge in [-0.25, -0.2) is 0 Å². The molecule has 51 valence electrons. The molecular weight excluding hydrogens is 297 g/mol. The fourth-order valence-electron chi connectivity index (χ4n) is 0.289. The second-order valence-corrected chi connectivity index (χ2v) is 15.5. The van der Waals surface area contributed by atoms with E-state index < -0.39 is 0 Å². The molecular formula is C6H11Br2Zn. The quantitative estimate of drug-likeness (QED) is 0.422. The van der Waals surface area contributed by atoms with Gasteiger partial charge in [0.05, 0.1) is 0 Å². The van der Waals surface area contributed by atoms with Gasteiger partial charge in [0.25, 0.3) is 0 Å². The summed E-state index contributed by atoms with van der Waals surface area (Å²) >= 11 is 6.25. The fourth-order valence-corrected chi connectivity index (χ4v) is 0.289. The Kier molecular flexibility index (Phi) is 23.2. The molecule has 0 unspecified atom stereocenters. The third-order valence-electron chi connectivity index (χ3n) is 0.658. The maximum absolute atomic E-state index is 3.68. The molecule has 0 amide bonds. The molecule has 0 aliphatic rings. The van der Waals surface area contributed by atoms with Crippen molar-refractivity contribution in [2.45, 2.75) is 19.3 Å².